The minimum Gasteiger partial charge on any atom is -0.507 e. The molecule has 1 aromatic heterocycles. The number of likely N-dealkylation sites (N-methyl/N-ethyl adjacent to an activating group) is 1. The molecule has 0 radical (unpaired) electrons. The van der Waals surface area contributed by atoms with Gasteiger partial charge in [0.2, 0.25) is 0 Å². The van der Waals surface area contributed by atoms with E-state index in [1.165, 1.54) is 6.07 Å². The molecule has 0 spiro atoms. The lowest BCUT2D eigenvalue weighted by atomic mass is 9.85. The Labute approximate surface area is 189 Å². The molecule has 4 rings (SSSR count). The van der Waals surface area contributed by atoms with E-state index in [0.29, 0.717) is 13.0 Å². The van der Waals surface area contributed by atoms with E-state index in [0.717, 1.165) is 12.1 Å². The van der Waals surface area contributed by atoms with Gasteiger partial charge in [0.05, 0.1) is 12.5 Å². The van der Waals surface area contributed by atoms with E-state index in [-0.39, 0.29) is 45.5 Å². The molecule has 1 saturated heterocycles. The van der Waals surface area contributed by atoms with Crippen molar-refractivity contribution in [3.8, 4) is 22.8 Å². The first kappa shape index (κ1) is 21.5. The highest BCUT2D eigenvalue weighted by Gasteiger charge is 2.38. The topological polar surface area (TPSA) is 141 Å². The van der Waals surface area contributed by atoms with Crippen LogP contribution in [0.1, 0.15) is 19.3 Å². The number of fused-ring (bicyclic) bond motifs is 1. The second-order valence-corrected chi connectivity index (χ2v) is 9.27. The molecule has 2 aromatic carbocycles. The summed E-state index contributed by atoms with van der Waals surface area (Å²) in [6, 6.07) is 6.73. The van der Waals surface area contributed by atoms with Gasteiger partial charge in [-0.2, -0.15) is 0 Å². The van der Waals surface area contributed by atoms with Gasteiger partial charge in [0, 0.05) is 35.7 Å². The van der Waals surface area contributed by atoms with Crippen LogP contribution in [0.3, 0.4) is 0 Å². The smallest absolute Gasteiger partial charge is 0.469 e. The van der Waals surface area contributed by atoms with Crippen molar-refractivity contribution in [2.24, 2.45) is 0 Å². The number of likely N-dealkylation sites (tertiary alicyclic amines) is 1. The standard InChI is InChI=1S/C21H21ClNO8P/c1-23-7-6-12(18(10-23)31-32(27,28)29)19-14(24)8-15(25)20-16(26)9-17(30-21(19)20)11-4-2-3-5-13(11)22/h2-5,8-9,12,18,24-25H,6-7,10H2,1H3,(H2,27,28,29)/t12-,18+/m0/s1/i5D. The summed E-state index contributed by atoms with van der Waals surface area (Å²) >= 11 is 6.23. The summed E-state index contributed by atoms with van der Waals surface area (Å²) in [7, 11) is -3.11. The average Bonchev–Trinajstić information content (AvgIpc) is 2.69. The van der Waals surface area contributed by atoms with Crippen molar-refractivity contribution < 1.29 is 34.9 Å². The number of phenolic OH excluding ortho intramolecular Hbond substituents is 2. The van der Waals surface area contributed by atoms with E-state index in [2.05, 4.69) is 0 Å². The number of phosphoric acid groups is 1. The summed E-state index contributed by atoms with van der Waals surface area (Å²) in [6.07, 6.45) is -0.705. The van der Waals surface area contributed by atoms with Crippen molar-refractivity contribution in [2.75, 3.05) is 20.1 Å². The molecule has 1 aliphatic rings. The minimum atomic E-state index is -4.87. The number of phenols is 2. The fraction of sp³-hybridized carbons (Fsp3) is 0.286. The molecule has 9 nitrogen and oxygen atoms in total. The van der Waals surface area contributed by atoms with Gasteiger partial charge < -0.3 is 29.3 Å². The van der Waals surface area contributed by atoms with E-state index in [9.17, 15) is 29.4 Å². The Morgan fingerprint density at radius 3 is 2.75 bits per heavy atom. The van der Waals surface area contributed by atoms with Gasteiger partial charge in [-0.1, -0.05) is 23.7 Å². The summed E-state index contributed by atoms with van der Waals surface area (Å²) < 4.78 is 30.5. The van der Waals surface area contributed by atoms with E-state index in [1.807, 2.05) is 4.90 Å². The Hall–Kier alpha value is -2.39. The second kappa shape index (κ2) is 8.51. The highest BCUT2D eigenvalue weighted by molar-refractivity contribution is 7.46. The van der Waals surface area contributed by atoms with Crippen LogP contribution in [0.4, 0.5) is 0 Å². The number of aromatic hydroxyl groups is 2. The molecule has 32 heavy (non-hydrogen) atoms. The van der Waals surface area contributed by atoms with Crippen LogP contribution in [0, 0.1) is 0 Å². The van der Waals surface area contributed by atoms with Gasteiger partial charge in [0.15, 0.2) is 5.43 Å². The zero-order valence-electron chi connectivity index (χ0n) is 17.9. The molecule has 4 N–H and O–H groups in total. The molecular formula is C21H21ClNO8P. The molecule has 1 fully saturated rings. The fourth-order valence-corrected chi connectivity index (χ4v) is 4.89. The maximum atomic E-state index is 12.9. The normalized spacial score (nSPS) is 20.4. The van der Waals surface area contributed by atoms with Crippen LogP contribution in [-0.4, -0.2) is 51.1 Å². The summed E-state index contributed by atoms with van der Waals surface area (Å²) in [5.41, 5.74) is -0.401. The van der Waals surface area contributed by atoms with Crippen molar-refractivity contribution in [1.29, 1.82) is 0 Å². The summed E-state index contributed by atoms with van der Waals surface area (Å²) in [5, 5.41) is 21.0. The molecule has 0 bridgehead atoms. The van der Waals surface area contributed by atoms with Gasteiger partial charge in [0.25, 0.3) is 0 Å². The lowest BCUT2D eigenvalue weighted by Gasteiger charge is -2.36. The van der Waals surface area contributed by atoms with Crippen molar-refractivity contribution in [3.05, 3.63) is 57.2 Å². The van der Waals surface area contributed by atoms with Crippen LogP contribution in [-0.2, 0) is 9.09 Å². The third-order valence-corrected chi connectivity index (χ3v) is 6.33. The van der Waals surface area contributed by atoms with E-state index < -0.39 is 36.8 Å². The Bertz CT molecular complexity index is 1340. The van der Waals surface area contributed by atoms with Crippen LogP contribution in [0.25, 0.3) is 22.3 Å². The molecule has 0 unspecified atom stereocenters. The number of halogens is 1. The zero-order valence-corrected chi connectivity index (χ0v) is 18.5. The van der Waals surface area contributed by atoms with Crippen LogP contribution in [0.15, 0.2) is 45.6 Å². The first-order chi connectivity index (χ1) is 15.5. The molecule has 1 aliphatic heterocycles. The van der Waals surface area contributed by atoms with Gasteiger partial charge in [-0.25, -0.2) is 4.57 Å². The Morgan fingerprint density at radius 1 is 1.28 bits per heavy atom. The van der Waals surface area contributed by atoms with E-state index in [4.69, 9.17) is 21.9 Å². The molecule has 11 heteroatoms. The fourth-order valence-electron chi connectivity index (χ4n) is 4.10. The Kier molecular flexibility index (Phi) is 5.71. The van der Waals surface area contributed by atoms with Gasteiger partial charge in [0.1, 0.15) is 28.2 Å². The number of benzene rings is 2. The predicted octanol–water partition coefficient (Wildman–Crippen LogP) is 3.42. The number of hydrogen-bond acceptors (Lipinski definition) is 7. The third kappa shape index (κ3) is 4.41. The van der Waals surface area contributed by atoms with Gasteiger partial charge >= 0.3 is 7.82 Å². The zero-order chi connectivity index (χ0) is 24.1. The molecule has 0 aliphatic carbocycles. The van der Waals surface area contributed by atoms with Crippen molar-refractivity contribution in [1.82, 2.24) is 4.90 Å². The van der Waals surface area contributed by atoms with Gasteiger partial charge in [-0.15, -0.1) is 0 Å². The number of hydrogen-bond donors (Lipinski definition) is 4. The molecule has 0 amide bonds. The Morgan fingerprint density at radius 2 is 2.03 bits per heavy atom. The number of piperidine rings is 1. The average molecular weight is 483 g/mol. The van der Waals surface area contributed by atoms with Gasteiger partial charge in [-0.3, -0.25) is 9.32 Å². The first-order valence-electron chi connectivity index (χ1n) is 10.2. The summed E-state index contributed by atoms with van der Waals surface area (Å²) in [5.74, 6) is -1.66. The van der Waals surface area contributed by atoms with Crippen molar-refractivity contribution >= 4 is 30.4 Å². The Balaban J connectivity index is 1.98. The van der Waals surface area contributed by atoms with E-state index in [1.54, 1.807) is 19.2 Å². The highest BCUT2D eigenvalue weighted by Crippen LogP contribution is 2.47. The number of phosphoric ester groups is 1. The number of rotatable bonds is 4. The third-order valence-electron chi connectivity index (χ3n) is 5.47. The summed E-state index contributed by atoms with van der Waals surface area (Å²) in [4.78, 5) is 33.6. The van der Waals surface area contributed by atoms with E-state index >= 15 is 0 Å². The maximum Gasteiger partial charge on any atom is 0.469 e. The van der Waals surface area contributed by atoms with Crippen molar-refractivity contribution in [3.63, 3.8) is 0 Å². The van der Waals surface area contributed by atoms with Crippen LogP contribution in [0.5, 0.6) is 11.5 Å². The van der Waals surface area contributed by atoms with Crippen molar-refractivity contribution in [2.45, 2.75) is 18.4 Å². The molecule has 2 atom stereocenters. The first-order valence-corrected chi connectivity index (χ1v) is 11.6. The SMILES string of the molecule is [2H]c1cccc(-c2cc(=O)c3c(O)cc(O)c([C@H]4CCN(C)C[C@H]4OP(=O)(O)O)c3o2)c1Cl. The van der Waals surface area contributed by atoms with Crippen LogP contribution >= 0.6 is 19.4 Å². The molecule has 2 heterocycles. The highest BCUT2D eigenvalue weighted by atomic mass is 35.5. The lowest BCUT2D eigenvalue weighted by molar-refractivity contribution is 0.0544. The van der Waals surface area contributed by atoms with Crippen LogP contribution < -0.4 is 5.43 Å². The summed E-state index contributed by atoms with van der Waals surface area (Å²) in [6.45, 7) is 0.665. The molecule has 0 saturated carbocycles. The molecule has 3 aromatic rings. The van der Waals surface area contributed by atoms with Gasteiger partial charge in [-0.05, 0) is 32.1 Å². The monoisotopic (exact) mass is 482 g/mol. The second-order valence-electron chi connectivity index (χ2n) is 7.70. The molecular weight excluding hydrogens is 461 g/mol. The quantitative estimate of drug-likeness (QED) is 0.411. The number of nitrogens with zero attached hydrogens (tertiary/aromatic N) is 1. The largest absolute Gasteiger partial charge is 0.507 e. The lowest BCUT2D eigenvalue weighted by Crippen LogP contribution is -2.41. The van der Waals surface area contributed by atoms with Crippen LogP contribution in [0.2, 0.25) is 5.02 Å². The minimum absolute atomic E-state index is 0.0123. The predicted molar refractivity (Wildman–Crippen MR) is 118 cm³/mol. The molecule has 170 valence electrons. The maximum absolute atomic E-state index is 12.9.